The summed E-state index contributed by atoms with van der Waals surface area (Å²) in [5, 5.41) is 1.03. The number of ether oxygens (including phenoxy) is 1. The lowest BCUT2D eigenvalue weighted by molar-refractivity contribution is 0.0992. The van der Waals surface area contributed by atoms with E-state index in [9.17, 15) is 4.79 Å². The van der Waals surface area contributed by atoms with E-state index in [-0.39, 0.29) is 12.2 Å². The SMILES string of the molecule is CCOc1cncc(C(=O)Cc2ccc(Cl)cc2Cl)c1. The zero-order valence-corrected chi connectivity index (χ0v) is 12.4. The number of halogens is 2. The molecule has 5 heteroatoms. The summed E-state index contributed by atoms with van der Waals surface area (Å²) in [6.07, 6.45) is 3.30. The van der Waals surface area contributed by atoms with E-state index in [0.717, 1.165) is 5.56 Å². The molecule has 0 fully saturated rings. The van der Waals surface area contributed by atoms with Crippen molar-refractivity contribution in [1.82, 2.24) is 4.98 Å². The minimum absolute atomic E-state index is 0.0664. The second kappa shape index (κ2) is 6.73. The van der Waals surface area contributed by atoms with E-state index in [1.807, 2.05) is 6.92 Å². The largest absolute Gasteiger partial charge is 0.492 e. The molecule has 0 radical (unpaired) electrons. The van der Waals surface area contributed by atoms with Crippen LogP contribution in [0.2, 0.25) is 10.0 Å². The number of Topliss-reactive ketones (excluding diaryl/α,β-unsaturated/α-hetero) is 1. The molecule has 0 unspecified atom stereocenters. The molecule has 1 heterocycles. The lowest BCUT2D eigenvalue weighted by Crippen LogP contribution is -2.05. The highest BCUT2D eigenvalue weighted by atomic mass is 35.5. The first-order chi connectivity index (χ1) is 9.60. The Hall–Kier alpha value is -1.58. The van der Waals surface area contributed by atoms with Gasteiger partial charge in [-0.2, -0.15) is 0 Å². The van der Waals surface area contributed by atoms with Gasteiger partial charge in [-0.15, -0.1) is 0 Å². The Balaban J connectivity index is 2.17. The van der Waals surface area contributed by atoms with Gasteiger partial charge >= 0.3 is 0 Å². The molecule has 1 aromatic carbocycles. The van der Waals surface area contributed by atoms with Gasteiger partial charge in [0.15, 0.2) is 5.78 Å². The molecule has 0 spiro atoms. The zero-order valence-electron chi connectivity index (χ0n) is 10.9. The minimum Gasteiger partial charge on any atom is -0.492 e. The number of pyridine rings is 1. The van der Waals surface area contributed by atoms with Crippen LogP contribution in [0, 0.1) is 0 Å². The Morgan fingerprint density at radius 2 is 2.05 bits per heavy atom. The number of hydrogen-bond donors (Lipinski definition) is 0. The molecule has 0 saturated carbocycles. The molecule has 0 amide bonds. The van der Waals surface area contributed by atoms with E-state index in [1.54, 1.807) is 30.5 Å². The molecule has 2 rings (SSSR count). The summed E-state index contributed by atoms with van der Waals surface area (Å²) in [4.78, 5) is 16.2. The molecule has 0 atom stereocenters. The number of carbonyl (C=O) groups is 1. The summed E-state index contributed by atoms with van der Waals surface area (Å²) >= 11 is 11.9. The van der Waals surface area contributed by atoms with Gasteiger partial charge in [-0.25, -0.2) is 0 Å². The van der Waals surface area contributed by atoms with Crippen molar-refractivity contribution in [3.8, 4) is 5.75 Å². The molecule has 0 bridgehead atoms. The molecule has 20 heavy (non-hydrogen) atoms. The van der Waals surface area contributed by atoms with Crippen LogP contribution in [-0.2, 0) is 6.42 Å². The van der Waals surface area contributed by atoms with Crippen LogP contribution < -0.4 is 4.74 Å². The third kappa shape index (κ3) is 3.71. The second-order valence-electron chi connectivity index (χ2n) is 4.18. The monoisotopic (exact) mass is 309 g/mol. The third-order valence-electron chi connectivity index (χ3n) is 2.71. The number of carbonyl (C=O) groups excluding carboxylic acids is 1. The lowest BCUT2D eigenvalue weighted by atomic mass is 10.0. The van der Waals surface area contributed by atoms with Gasteiger partial charge in [0.2, 0.25) is 0 Å². The lowest BCUT2D eigenvalue weighted by Gasteiger charge is -2.06. The van der Waals surface area contributed by atoms with Crippen molar-refractivity contribution in [1.29, 1.82) is 0 Å². The van der Waals surface area contributed by atoms with Crippen LogP contribution in [0.4, 0.5) is 0 Å². The van der Waals surface area contributed by atoms with Crippen molar-refractivity contribution in [3.05, 3.63) is 57.8 Å². The molecule has 0 aliphatic carbocycles. The maximum atomic E-state index is 12.2. The van der Waals surface area contributed by atoms with Gasteiger partial charge in [0.25, 0.3) is 0 Å². The number of aromatic nitrogens is 1. The normalized spacial score (nSPS) is 10.3. The van der Waals surface area contributed by atoms with Crippen molar-refractivity contribution in [2.24, 2.45) is 0 Å². The average molecular weight is 310 g/mol. The Labute approximate surface area is 127 Å². The maximum absolute atomic E-state index is 12.2. The quantitative estimate of drug-likeness (QED) is 0.777. The highest BCUT2D eigenvalue weighted by molar-refractivity contribution is 6.35. The van der Waals surface area contributed by atoms with Crippen molar-refractivity contribution in [3.63, 3.8) is 0 Å². The Morgan fingerprint density at radius 3 is 2.75 bits per heavy atom. The van der Waals surface area contributed by atoms with Gasteiger partial charge in [-0.05, 0) is 30.7 Å². The number of hydrogen-bond acceptors (Lipinski definition) is 3. The van der Waals surface area contributed by atoms with Crippen LogP contribution in [0.1, 0.15) is 22.8 Å². The summed E-state index contributed by atoms with van der Waals surface area (Å²) in [6.45, 7) is 2.41. The molecule has 1 aromatic heterocycles. The topological polar surface area (TPSA) is 39.2 Å². The molecule has 0 aliphatic rings. The fourth-order valence-corrected chi connectivity index (χ4v) is 2.23. The molecule has 0 saturated heterocycles. The first-order valence-corrected chi connectivity index (χ1v) is 6.90. The fourth-order valence-electron chi connectivity index (χ4n) is 1.76. The Bertz CT molecular complexity index is 629. The number of rotatable bonds is 5. The molecular formula is C15H13Cl2NO2. The molecule has 0 N–H and O–H groups in total. The summed E-state index contributed by atoms with van der Waals surface area (Å²) in [6, 6.07) is 6.77. The number of benzene rings is 1. The van der Waals surface area contributed by atoms with Crippen LogP contribution in [0.15, 0.2) is 36.7 Å². The zero-order chi connectivity index (χ0) is 14.5. The van der Waals surface area contributed by atoms with E-state index in [2.05, 4.69) is 4.98 Å². The standard InChI is InChI=1S/C15H13Cl2NO2/c1-2-20-13-5-11(8-18-9-13)15(19)6-10-3-4-12(16)7-14(10)17/h3-5,7-9H,2,6H2,1H3. The van der Waals surface area contributed by atoms with Crippen LogP contribution in [-0.4, -0.2) is 17.4 Å². The second-order valence-corrected chi connectivity index (χ2v) is 5.02. The van der Waals surface area contributed by atoms with Crippen molar-refractivity contribution in [2.45, 2.75) is 13.3 Å². The van der Waals surface area contributed by atoms with E-state index in [1.165, 1.54) is 6.20 Å². The van der Waals surface area contributed by atoms with Gasteiger partial charge < -0.3 is 4.74 Å². The summed E-state index contributed by atoms with van der Waals surface area (Å²) < 4.78 is 5.33. The molecular weight excluding hydrogens is 297 g/mol. The van der Waals surface area contributed by atoms with Crippen molar-refractivity contribution >= 4 is 29.0 Å². The fraction of sp³-hybridized carbons (Fsp3) is 0.200. The van der Waals surface area contributed by atoms with Crippen LogP contribution in [0.3, 0.4) is 0 Å². The minimum atomic E-state index is -0.0664. The first kappa shape index (κ1) is 14.8. The van der Waals surface area contributed by atoms with E-state index < -0.39 is 0 Å². The molecule has 3 nitrogen and oxygen atoms in total. The van der Waals surface area contributed by atoms with E-state index in [0.29, 0.717) is 28.0 Å². The molecule has 2 aromatic rings. The van der Waals surface area contributed by atoms with Gasteiger partial charge in [-0.3, -0.25) is 9.78 Å². The first-order valence-electron chi connectivity index (χ1n) is 6.15. The van der Waals surface area contributed by atoms with Crippen LogP contribution in [0.5, 0.6) is 5.75 Å². The number of ketones is 1. The Morgan fingerprint density at radius 1 is 1.25 bits per heavy atom. The third-order valence-corrected chi connectivity index (χ3v) is 3.30. The van der Waals surface area contributed by atoms with Gasteiger partial charge in [-0.1, -0.05) is 29.3 Å². The highest BCUT2D eigenvalue weighted by Crippen LogP contribution is 2.22. The predicted octanol–water partition coefficient (Wildman–Crippen LogP) is 4.21. The van der Waals surface area contributed by atoms with E-state index >= 15 is 0 Å². The summed E-state index contributed by atoms with van der Waals surface area (Å²) in [7, 11) is 0. The van der Waals surface area contributed by atoms with Gasteiger partial charge in [0.1, 0.15) is 5.75 Å². The summed E-state index contributed by atoms with van der Waals surface area (Å²) in [5.41, 5.74) is 1.24. The molecule has 0 aliphatic heterocycles. The predicted molar refractivity (Wildman–Crippen MR) is 79.9 cm³/mol. The average Bonchev–Trinajstić information content (AvgIpc) is 2.42. The van der Waals surface area contributed by atoms with Crippen molar-refractivity contribution in [2.75, 3.05) is 6.61 Å². The van der Waals surface area contributed by atoms with Gasteiger partial charge in [0.05, 0.1) is 12.8 Å². The van der Waals surface area contributed by atoms with Crippen LogP contribution >= 0.6 is 23.2 Å². The highest BCUT2D eigenvalue weighted by Gasteiger charge is 2.11. The number of nitrogens with zero attached hydrogens (tertiary/aromatic N) is 1. The van der Waals surface area contributed by atoms with Crippen molar-refractivity contribution < 1.29 is 9.53 Å². The molecule has 104 valence electrons. The summed E-state index contributed by atoms with van der Waals surface area (Å²) in [5.74, 6) is 0.517. The Kier molecular flexibility index (Phi) is 4.99. The van der Waals surface area contributed by atoms with Gasteiger partial charge in [0, 0.05) is 28.2 Å². The maximum Gasteiger partial charge on any atom is 0.168 e. The van der Waals surface area contributed by atoms with E-state index in [4.69, 9.17) is 27.9 Å². The smallest absolute Gasteiger partial charge is 0.168 e. The van der Waals surface area contributed by atoms with Crippen LogP contribution in [0.25, 0.3) is 0 Å².